The number of nitriles is 1. The molecule has 1 fully saturated rings. The minimum atomic E-state index is -0.621. The Bertz CT molecular complexity index is 783. The summed E-state index contributed by atoms with van der Waals surface area (Å²) >= 11 is 0. The molecule has 3 N–H and O–H groups in total. The highest BCUT2D eigenvalue weighted by molar-refractivity contribution is 5.93. The third kappa shape index (κ3) is 3.73. The van der Waals surface area contributed by atoms with E-state index < -0.39 is 6.10 Å². The van der Waals surface area contributed by atoms with Gasteiger partial charge < -0.3 is 15.0 Å². The van der Waals surface area contributed by atoms with Crippen molar-refractivity contribution in [3.8, 4) is 6.07 Å². The van der Waals surface area contributed by atoms with Gasteiger partial charge in [-0.1, -0.05) is 0 Å². The van der Waals surface area contributed by atoms with Gasteiger partial charge in [-0.15, -0.1) is 0 Å². The summed E-state index contributed by atoms with van der Waals surface area (Å²) in [6.07, 6.45) is 0.891. The van der Waals surface area contributed by atoms with Crippen LogP contribution in [0.4, 0.5) is 0 Å². The maximum absolute atomic E-state index is 12.6. The van der Waals surface area contributed by atoms with Crippen LogP contribution in [0.1, 0.15) is 33.0 Å². The van der Waals surface area contributed by atoms with Gasteiger partial charge in [-0.05, 0) is 19.9 Å². The molecule has 1 amide bonds. The van der Waals surface area contributed by atoms with Gasteiger partial charge in [0.2, 0.25) is 0 Å². The van der Waals surface area contributed by atoms with Gasteiger partial charge in [0.15, 0.2) is 0 Å². The highest BCUT2D eigenvalue weighted by Crippen LogP contribution is 2.16. The number of rotatable bonds is 3. The Labute approximate surface area is 146 Å². The lowest BCUT2D eigenvalue weighted by Crippen LogP contribution is -2.37. The molecule has 1 saturated heterocycles. The van der Waals surface area contributed by atoms with E-state index in [1.807, 2.05) is 19.9 Å². The first-order valence-electron chi connectivity index (χ1n) is 8.26. The van der Waals surface area contributed by atoms with Crippen LogP contribution in [0.5, 0.6) is 0 Å². The van der Waals surface area contributed by atoms with Crippen molar-refractivity contribution in [2.45, 2.75) is 26.5 Å². The number of amides is 1. The number of H-pyrrole nitrogens is 2. The molecular weight excluding hydrogens is 320 g/mol. The smallest absolute Gasteiger partial charge is 0.270 e. The molecule has 0 bridgehead atoms. The van der Waals surface area contributed by atoms with E-state index in [0.717, 1.165) is 17.0 Å². The fourth-order valence-corrected chi connectivity index (χ4v) is 3.17. The van der Waals surface area contributed by atoms with Crippen molar-refractivity contribution in [1.29, 1.82) is 5.26 Å². The highest BCUT2D eigenvalue weighted by atomic mass is 16.3. The van der Waals surface area contributed by atoms with Gasteiger partial charge in [-0.3, -0.25) is 14.8 Å². The molecule has 132 valence electrons. The minimum absolute atomic E-state index is 0.196. The van der Waals surface area contributed by atoms with Crippen LogP contribution in [0.2, 0.25) is 0 Å². The third-order valence-corrected chi connectivity index (χ3v) is 4.58. The SMILES string of the molecule is Cc1n[nH]c(C)c1CN1CCN(C(=O)c2cc(C#N)c[nH]2)C[C@H](O)C1. The topological polar surface area (TPSA) is 112 Å². The van der Waals surface area contributed by atoms with Gasteiger partial charge in [0.25, 0.3) is 5.91 Å². The largest absolute Gasteiger partial charge is 0.390 e. The van der Waals surface area contributed by atoms with E-state index >= 15 is 0 Å². The fourth-order valence-electron chi connectivity index (χ4n) is 3.17. The highest BCUT2D eigenvalue weighted by Gasteiger charge is 2.26. The average molecular weight is 342 g/mol. The minimum Gasteiger partial charge on any atom is -0.390 e. The number of nitrogens with one attached hydrogen (secondary N) is 2. The number of hydrogen-bond donors (Lipinski definition) is 3. The van der Waals surface area contributed by atoms with E-state index in [0.29, 0.717) is 37.4 Å². The molecule has 0 unspecified atom stereocenters. The van der Waals surface area contributed by atoms with Crippen molar-refractivity contribution >= 4 is 5.91 Å². The summed E-state index contributed by atoms with van der Waals surface area (Å²) in [6, 6.07) is 3.54. The Hall–Kier alpha value is -2.63. The maximum atomic E-state index is 12.6. The number of carbonyl (C=O) groups excluding carboxylic acids is 1. The number of nitrogens with zero attached hydrogens (tertiary/aromatic N) is 4. The first-order valence-corrected chi connectivity index (χ1v) is 8.26. The summed E-state index contributed by atoms with van der Waals surface area (Å²) in [5, 5.41) is 26.4. The normalized spacial score (nSPS) is 18.8. The lowest BCUT2D eigenvalue weighted by molar-refractivity contribution is 0.0658. The van der Waals surface area contributed by atoms with E-state index in [1.54, 1.807) is 4.90 Å². The number of aromatic nitrogens is 3. The average Bonchev–Trinajstić information content (AvgIpc) is 3.13. The zero-order chi connectivity index (χ0) is 18.0. The number of hydrogen-bond acceptors (Lipinski definition) is 5. The zero-order valence-electron chi connectivity index (χ0n) is 14.4. The molecule has 0 aliphatic carbocycles. The van der Waals surface area contributed by atoms with Crippen LogP contribution in [0.15, 0.2) is 12.3 Å². The fraction of sp³-hybridized carbons (Fsp3) is 0.471. The van der Waals surface area contributed by atoms with Gasteiger partial charge in [0.1, 0.15) is 11.8 Å². The standard InChI is InChI=1S/C17H22N6O2/c1-11-15(12(2)21-20-11)10-22-3-4-23(9-14(24)8-22)17(25)16-5-13(6-18)7-19-16/h5,7,14,19,24H,3-4,8-10H2,1-2H3,(H,20,21)/t14-/m1/s1. The summed E-state index contributed by atoms with van der Waals surface area (Å²) in [4.78, 5) is 19.2. The zero-order valence-corrected chi connectivity index (χ0v) is 14.4. The van der Waals surface area contributed by atoms with Crippen LogP contribution in [-0.2, 0) is 6.54 Å². The molecule has 2 aromatic rings. The third-order valence-electron chi connectivity index (χ3n) is 4.58. The second kappa shape index (κ2) is 7.09. The van der Waals surface area contributed by atoms with Crippen LogP contribution in [0, 0.1) is 25.2 Å². The van der Waals surface area contributed by atoms with Crippen molar-refractivity contribution in [3.63, 3.8) is 0 Å². The van der Waals surface area contributed by atoms with Crippen molar-refractivity contribution < 1.29 is 9.90 Å². The molecule has 0 radical (unpaired) electrons. The molecule has 0 saturated carbocycles. The maximum Gasteiger partial charge on any atom is 0.270 e. The Morgan fingerprint density at radius 1 is 1.44 bits per heavy atom. The molecule has 3 heterocycles. The number of β-amino-alcohol motifs (C(OH)–C–C–N with tert-alkyl or cyclic N) is 1. The molecule has 3 rings (SSSR count). The second-order valence-electron chi connectivity index (χ2n) is 6.47. The van der Waals surface area contributed by atoms with Crippen molar-refractivity contribution in [1.82, 2.24) is 25.0 Å². The summed E-state index contributed by atoms with van der Waals surface area (Å²) in [5.41, 5.74) is 3.92. The molecule has 0 aromatic carbocycles. The Morgan fingerprint density at radius 2 is 2.24 bits per heavy atom. The van der Waals surface area contributed by atoms with Crippen LogP contribution in [0.3, 0.4) is 0 Å². The van der Waals surface area contributed by atoms with Gasteiger partial charge in [-0.2, -0.15) is 10.4 Å². The molecule has 2 aromatic heterocycles. The molecule has 1 aliphatic heterocycles. The lowest BCUT2D eigenvalue weighted by Gasteiger charge is -2.21. The summed E-state index contributed by atoms with van der Waals surface area (Å²) < 4.78 is 0. The molecule has 0 spiro atoms. The molecular formula is C17H22N6O2. The Morgan fingerprint density at radius 3 is 2.88 bits per heavy atom. The van der Waals surface area contributed by atoms with E-state index in [2.05, 4.69) is 20.1 Å². The van der Waals surface area contributed by atoms with Crippen molar-refractivity contribution in [2.75, 3.05) is 26.2 Å². The first kappa shape index (κ1) is 17.2. The van der Waals surface area contributed by atoms with E-state index in [1.165, 1.54) is 12.3 Å². The van der Waals surface area contributed by atoms with Crippen molar-refractivity contribution in [2.24, 2.45) is 0 Å². The van der Waals surface area contributed by atoms with E-state index in [4.69, 9.17) is 5.26 Å². The molecule has 8 nitrogen and oxygen atoms in total. The van der Waals surface area contributed by atoms with Gasteiger partial charge in [0.05, 0.1) is 17.4 Å². The predicted octanol–water partition coefficient (Wildman–Crippen LogP) is 0.545. The van der Waals surface area contributed by atoms with Crippen LogP contribution in [0.25, 0.3) is 0 Å². The summed E-state index contributed by atoms with van der Waals surface area (Å²) in [5.74, 6) is -0.196. The number of aliphatic hydroxyl groups is 1. The van der Waals surface area contributed by atoms with Crippen LogP contribution in [-0.4, -0.2) is 68.3 Å². The van der Waals surface area contributed by atoms with Gasteiger partial charge in [-0.25, -0.2) is 0 Å². The predicted molar refractivity (Wildman–Crippen MR) is 90.8 cm³/mol. The summed E-state index contributed by atoms with van der Waals surface area (Å²) in [7, 11) is 0. The monoisotopic (exact) mass is 342 g/mol. The van der Waals surface area contributed by atoms with E-state index in [-0.39, 0.29) is 12.5 Å². The molecule has 25 heavy (non-hydrogen) atoms. The quantitative estimate of drug-likeness (QED) is 0.754. The van der Waals surface area contributed by atoms with Gasteiger partial charge >= 0.3 is 0 Å². The number of aromatic amines is 2. The molecule has 1 aliphatic rings. The van der Waals surface area contributed by atoms with E-state index in [9.17, 15) is 9.90 Å². The van der Waals surface area contributed by atoms with Crippen LogP contribution >= 0.6 is 0 Å². The second-order valence-corrected chi connectivity index (χ2v) is 6.47. The summed E-state index contributed by atoms with van der Waals surface area (Å²) in [6.45, 7) is 6.60. The Kier molecular flexibility index (Phi) is 4.88. The number of carbonyl (C=O) groups is 1. The Balaban J connectivity index is 1.68. The first-order chi connectivity index (χ1) is 12.0. The molecule has 1 atom stereocenters. The van der Waals surface area contributed by atoms with Crippen LogP contribution < -0.4 is 0 Å². The number of aryl methyl sites for hydroxylation is 2. The molecule has 8 heteroatoms. The number of aliphatic hydroxyl groups excluding tert-OH is 1. The van der Waals surface area contributed by atoms with Crippen molar-refractivity contribution in [3.05, 3.63) is 40.5 Å². The lowest BCUT2D eigenvalue weighted by atomic mass is 10.2. The van der Waals surface area contributed by atoms with Gasteiger partial charge in [0, 0.05) is 50.2 Å².